The van der Waals surface area contributed by atoms with E-state index in [9.17, 15) is 17.6 Å². The highest BCUT2D eigenvalue weighted by Gasteiger charge is 2.32. The first kappa shape index (κ1) is 25.9. The molecule has 7 nitrogen and oxygen atoms in total. The van der Waals surface area contributed by atoms with Crippen molar-refractivity contribution in [1.29, 1.82) is 0 Å². The van der Waals surface area contributed by atoms with Crippen molar-refractivity contribution in [1.82, 2.24) is 14.9 Å². The van der Waals surface area contributed by atoms with Crippen molar-refractivity contribution in [3.8, 4) is 11.5 Å². The lowest BCUT2D eigenvalue weighted by Gasteiger charge is -2.30. The van der Waals surface area contributed by atoms with Gasteiger partial charge in [0, 0.05) is 24.5 Å². The lowest BCUT2D eigenvalue weighted by Crippen LogP contribution is -2.42. The molecule has 1 aliphatic rings. The first-order chi connectivity index (χ1) is 17.0. The molecule has 194 valence electrons. The van der Waals surface area contributed by atoms with Crippen LogP contribution >= 0.6 is 0 Å². The molecule has 0 bridgehead atoms. The number of morpholine rings is 1. The standard InChI is InChI=1S/C25H28F4N4O3/c1-14(16-7-17(25(27,28)29)9-18(26)8-16)30-24-20-10-23(36-13-19-12-33(3)5-6-35-19)22(34-4)11-21(20)31-15(2)32-24/h7-11,14,19H,5-6,12-13H2,1-4H3,(H,30,31,32)/t14-,19+/m1/s1. The second-order valence-corrected chi connectivity index (χ2v) is 8.84. The molecule has 1 aliphatic heterocycles. The van der Waals surface area contributed by atoms with Crippen LogP contribution in [0.5, 0.6) is 11.5 Å². The Morgan fingerprint density at radius 1 is 1.17 bits per heavy atom. The van der Waals surface area contributed by atoms with E-state index in [1.165, 1.54) is 7.11 Å². The Morgan fingerprint density at radius 3 is 2.64 bits per heavy atom. The van der Waals surface area contributed by atoms with Gasteiger partial charge in [0.25, 0.3) is 0 Å². The number of anilines is 1. The minimum absolute atomic E-state index is 0.105. The molecule has 1 N–H and O–H groups in total. The van der Waals surface area contributed by atoms with Crippen LogP contribution in [-0.4, -0.2) is 61.4 Å². The number of halogens is 4. The van der Waals surface area contributed by atoms with Gasteiger partial charge >= 0.3 is 6.18 Å². The second-order valence-electron chi connectivity index (χ2n) is 8.84. The van der Waals surface area contributed by atoms with Crippen molar-refractivity contribution in [2.75, 3.05) is 45.8 Å². The normalized spacial score (nSPS) is 17.7. The minimum atomic E-state index is -4.66. The molecule has 4 rings (SSSR count). The van der Waals surface area contributed by atoms with Crippen LogP contribution in [0, 0.1) is 12.7 Å². The molecule has 1 fully saturated rings. The molecule has 2 heterocycles. The van der Waals surface area contributed by atoms with Crippen molar-refractivity contribution in [2.45, 2.75) is 32.2 Å². The van der Waals surface area contributed by atoms with E-state index in [1.54, 1.807) is 26.0 Å². The largest absolute Gasteiger partial charge is 0.493 e. The summed E-state index contributed by atoms with van der Waals surface area (Å²) < 4.78 is 70.9. The quantitative estimate of drug-likeness (QED) is 0.451. The number of hydrogen-bond acceptors (Lipinski definition) is 7. The summed E-state index contributed by atoms with van der Waals surface area (Å²) in [6.45, 7) is 5.85. The van der Waals surface area contributed by atoms with Crippen molar-refractivity contribution in [3.05, 3.63) is 53.1 Å². The van der Waals surface area contributed by atoms with Gasteiger partial charge in [0.15, 0.2) is 11.5 Å². The molecule has 2 aromatic carbocycles. The summed E-state index contributed by atoms with van der Waals surface area (Å²) in [7, 11) is 3.54. The zero-order valence-electron chi connectivity index (χ0n) is 20.4. The molecule has 0 amide bonds. The lowest BCUT2D eigenvalue weighted by molar-refractivity contribution is -0.137. The van der Waals surface area contributed by atoms with Crippen LogP contribution in [0.3, 0.4) is 0 Å². The summed E-state index contributed by atoms with van der Waals surface area (Å²) >= 11 is 0. The third kappa shape index (κ3) is 5.96. The first-order valence-electron chi connectivity index (χ1n) is 11.5. The number of likely N-dealkylation sites (N-methyl/N-ethyl adjacent to an activating group) is 1. The van der Waals surface area contributed by atoms with Crippen molar-refractivity contribution < 1.29 is 31.8 Å². The first-order valence-corrected chi connectivity index (χ1v) is 11.5. The maximum atomic E-state index is 14.0. The Balaban J connectivity index is 1.65. The number of rotatable bonds is 7. The summed E-state index contributed by atoms with van der Waals surface area (Å²) in [5, 5.41) is 3.69. The van der Waals surface area contributed by atoms with Gasteiger partial charge < -0.3 is 24.4 Å². The van der Waals surface area contributed by atoms with Crippen LogP contribution in [-0.2, 0) is 10.9 Å². The molecule has 36 heavy (non-hydrogen) atoms. The van der Waals surface area contributed by atoms with E-state index < -0.39 is 23.6 Å². The minimum Gasteiger partial charge on any atom is -0.493 e. The van der Waals surface area contributed by atoms with E-state index in [-0.39, 0.29) is 11.7 Å². The second kappa shape index (κ2) is 10.4. The van der Waals surface area contributed by atoms with E-state index in [0.29, 0.717) is 53.3 Å². The molecule has 0 radical (unpaired) electrons. The monoisotopic (exact) mass is 508 g/mol. The van der Waals surface area contributed by atoms with E-state index in [2.05, 4.69) is 20.2 Å². The van der Waals surface area contributed by atoms with Crippen LogP contribution in [0.25, 0.3) is 10.9 Å². The van der Waals surface area contributed by atoms with Gasteiger partial charge in [0.05, 0.1) is 30.8 Å². The van der Waals surface area contributed by atoms with Crippen molar-refractivity contribution in [2.24, 2.45) is 0 Å². The number of nitrogens with one attached hydrogen (secondary N) is 1. The lowest BCUT2D eigenvalue weighted by atomic mass is 10.0. The Kier molecular flexibility index (Phi) is 7.51. The zero-order chi connectivity index (χ0) is 26.0. The molecular weight excluding hydrogens is 480 g/mol. The Morgan fingerprint density at radius 2 is 1.94 bits per heavy atom. The van der Waals surface area contributed by atoms with Crippen molar-refractivity contribution in [3.63, 3.8) is 0 Å². The molecule has 0 saturated carbocycles. The summed E-state index contributed by atoms with van der Waals surface area (Å²) in [5.41, 5.74) is -0.355. The number of fused-ring (bicyclic) bond motifs is 1. The van der Waals surface area contributed by atoms with Gasteiger partial charge in [0.1, 0.15) is 30.2 Å². The maximum absolute atomic E-state index is 14.0. The number of aromatic nitrogens is 2. The van der Waals surface area contributed by atoms with Gasteiger partial charge in [-0.15, -0.1) is 0 Å². The van der Waals surface area contributed by atoms with Crippen LogP contribution in [0.4, 0.5) is 23.4 Å². The van der Waals surface area contributed by atoms with Gasteiger partial charge in [-0.1, -0.05) is 0 Å². The average Bonchev–Trinajstić information content (AvgIpc) is 2.81. The van der Waals surface area contributed by atoms with Gasteiger partial charge in [-0.2, -0.15) is 13.2 Å². The fraction of sp³-hybridized carbons (Fsp3) is 0.440. The zero-order valence-corrected chi connectivity index (χ0v) is 20.4. The fourth-order valence-electron chi connectivity index (χ4n) is 4.10. The topological polar surface area (TPSA) is 68.7 Å². The molecule has 3 aromatic rings. The van der Waals surface area contributed by atoms with Crippen LogP contribution in [0.15, 0.2) is 30.3 Å². The molecule has 0 aliphatic carbocycles. The van der Waals surface area contributed by atoms with E-state index in [1.807, 2.05) is 7.05 Å². The number of ether oxygens (including phenoxy) is 3. The van der Waals surface area contributed by atoms with E-state index in [4.69, 9.17) is 14.2 Å². The summed E-state index contributed by atoms with van der Waals surface area (Å²) in [4.78, 5) is 11.1. The van der Waals surface area contributed by atoms with E-state index >= 15 is 0 Å². The summed E-state index contributed by atoms with van der Waals surface area (Å²) in [5.74, 6) is 0.790. The van der Waals surface area contributed by atoms with E-state index in [0.717, 1.165) is 25.2 Å². The van der Waals surface area contributed by atoms with Crippen LogP contribution in [0.2, 0.25) is 0 Å². The number of hydrogen-bond donors (Lipinski definition) is 1. The van der Waals surface area contributed by atoms with Crippen LogP contribution in [0.1, 0.15) is 29.9 Å². The SMILES string of the molecule is COc1cc2nc(C)nc(N[C@H](C)c3cc(F)cc(C(F)(F)F)c3)c2cc1OC[C@@H]1CN(C)CCO1. The van der Waals surface area contributed by atoms with Crippen molar-refractivity contribution >= 4 is 16.7 Å². The Labute approximate surface area is 206 Å². The average molecular weight is 509 g/mol. The number of alkyl halides is 3. The Bertz CT molecular complexity index is 1240. The molecule has 1 aromatic heterocycles. The molecule has 0 unspecified atom stereocenters. The highest BCUT2D eigenvalue weighted by molar-refractivity contribution is 5.92. The summed E-state index contributed by atoms with van der Waals surface area (Å²) in [6.07, 6.45) is -4.76. The molecule has 11 heteroatoms. The number of aryl methyl sites for hydroxylation is 1. The molecule has 1 saturated heterocycles. The Hall–Kier alpha value is -3.18. The van der Waals surface area contributed by atoms with Gasteiger partial charge in [-0.25, -0.2) is 14.4 Å². The number of benzene rings is 2. The molecule has 2 atom stereocenters. The van der Waals surface area contributed by atoms with Gasteiger partial charge in [-0.3, -0.25) is 0 Å². The highest BCUT2D eigenvalue weighted by atomic mass is 19.4. The number of methoxy groups -OCH3 is 1. The van der Waals surface area contributed by atoms with Crippen LogP contribution < -0.4 is 14.8 Å². The fourth-order valence-corrected chi connectivity index (χ4v) is 4.10. The number of nitrogens with zero attached hydrogens (tertiary/aromatic N) is 3. The predicted octanol–water partition coefficient (Wildman–Crippen LogP) is 4.99. The molecule has 0 spiro atoms. The smallest absolute Gasteiger partial charge is 0.416 e. The summed E-state index contributed by atoms with van der Waals surface area (Å²) in [6, 6.07) is 5.23. The maximum Gasteiger partial charge on any atom is 0.416 e. The highest BCUT2D eigenvalue weighted by Crippen LogP contribution is 2.36. The van der Waals surface area contributed by atoms with Gasteiger partial charge in [0.2, 0.25) is 0 Å². The third-order valence-corrected chi connectivity index (χ3v) is 5.96. The predicted molar refractivity (Wildman–Crippen MR) is 127 cm³/mol. The third-order valence-electron chi connectivity index (χ3n) is 5.96. The van der Waals surface area contributed by atoms with Gasteiger partial charge in [-0.05, 0) is 50.7 Å². The molecular formula is C25H28F4N4O3.